The van der Waals surface area contributed by atoms with Crippen LogP contribution in [0.25, 0.3) is 0 Å². The molecule has 0 saturated heterocycles. The number of likely N-dealkylation sites (N-methyl/N-ethyl adjacent to an activating group) is 1. The van der Waals surface area contributed by atoms with Crippen LogP contribution in [0.4, 0.5) is 5.69 Å². The van der Waals surface area contributed by atoms with Gasteiger partial charge in [-0.2, -0.15) is 0 Å². The largest absolute Gasteiger partial charge is 0.326 e. The highest BCUT2D eigenvalue weighted by atomic mass is 35.5. The van der Waals surface area contributed by atoms with Crippen LogP contribution in [0.15, 0.2) is 42.5 Å². The predicted molar refractivity (Wildman–Crippen MR) is 110 cm³/mol. The van der Waals surface area contributed by atoms with Crippen molar-refractivity contribution in [1.82, 2.24) is 0 Å². The van der Waals surface area contributed by atoms with Gasteiger partial charge in [0, 0.05) is 16.3 Å². The van der Waals surface area contributed by atoms with Gasteiger partial charge in [-0.1, -0.05) is 75.7 Å². The second-order valence-electron chi connectivity index (χ2n) is 7.57. The molecular weight excluding hydrogens is 344 g/mol. The Balaban J connectivity index is 2.11. The smallest absolute Gasteiger partial charge is 0.279 e. The first-order valence-corrected chi connectivity index (χ1v) is 9.64. The summed E-state index contributed by atoms with van der Waals surface area (Å²) in [5, 5.41) is 3.93. The van der Waals surface area contributed by atoms with Crippen LogP contribution in [-0.4, -0.2) is 19.5 Å². The number of hydrogen-bond donors (Lipinski definition) is 2. The molecule has 0 bridgehead atoms. The zero-order chi connectivity index (χ0) is 19.3. The minimum atomic E-state index is 0.0320. The minimum Gasteiger partial charge on any atom is -0.326 e. The van der Waals surface area contributed by atoms with Crippen molar-refractivity contribution in [3.63, 3.8) is 0 Å². The molecule has 4 heteroatoms. The number of anilines is 1. The van der Waals surface area contributed by atoms with Crippen LogP contribution in [0, 0.1) is 0 Å². The van der Waals surface area contributed by atoms with E-state index in [1.807, 2.05) is 31.3 Å². The molecular formula is C22H30ClN2O+. The van der Waals surface area contributed by atoms with Gasteiger partial charge in [0.15, 0.2) is 6.54 Å². The second-order valence-corrected chi connectivity index (χ2v) is 7.98. The van der Waals surface area contributed by atoms with E-state index in [9.17, 15) is 4.79 Å². The number of para-hydroxylation sites is 1. The van der Waals surface area contributed by atoms with E-state index in [-0.39, 0.29) is 5.91 Å². The second kappa shape index (κ2) is 9.20. The standard InChI is InChI=1S/C22H29ClN2O/c1-15(2)18-10-8-11-19(16(3)4)22(18)24-21(26)14-25(5)13-17-9-6-7-12-20(17)23/h6-12,15-16H,13-14H2,1-5H3,(H,24,26)/p+1. The van der Waals surface area contributed by atoms with E-state index in [1.54, 1.807) is 0 Å². The quantitative estimate of drug-likeness (QED) is 0.747. The summed E-state index contributed by atoms with van der Waals surface area (Å²) in [6.45, 7) is 9.74. The van der Waals surface area contributed by atoms with Gasteiger partial charge in [-0.25, -0.2) is 0 Å². The van der Waals surface area contributed by atoms with E-state index in [0.717, 1.165) is 27.7 Å². The highest BCUT2D eigenvalue weighted by molar-refractivity contribution is 6.31. The summed E-state index contributed by atoms with van der Waals surface area (Å²) in [5.74, 6) is 0.749. The molecule has 0 saturated carbocycles. The fourth-order valence-electron chi connectivity index (χ4n) is 3.18. The fraction of sp³-hybridized carbons (Fsp3) is 0.409. The van der Waals surface area contributed by atoms with E-state index in [4.69, 9.17) is 11.6 Å². The average molecular weight is 374 g/mol. The summed E-state index contributed by atoms with van der Waals surface area (Å²) in [5.41, 5.74) is 4.42. The molecule has 2 aromatic carbocycles. The van der Waals surface area contributed by atoms with Crippen molar-refractivity contribution in [2.45, 2.75) is 46.1 Å². The lowest BCUT2D eigenvalue weighted by Gasteiger charge is -2.21. The third-order valence-electron chi connectivity index (χ3n) is 4.55. The Morgan fingerprint density at radius 1 is 1.00 bits per heavy atom. The van der Waals surface area contributed by atoms with E-state index < -0.39 is 0 Å². The molecule has 26 heavy (non-hydrogen) atoms. The molecule has 2 N–H and O–H groups in total. The molecule has 1 unspecified atom stereocenters. The molecule has 1 amide bonds. The Hall–Kier alpha value is -1.84. The van der Waals surface area contributed by atoms with E-state index in [0.29, 0.717) is 18.4 Å². The van der Waals surface area contributed by atoms with Crippen LogP contribution in [0.3, 0.4) is 0 Å². The number of rotatable bonds is 7. The lowest BCUT2D eigenvalue weighted by molar-refractivity contribution is -0.885. The van der Waals surface area contributed by atoms with Gasteiger partial charge >= 0.3 is 0 Å². The Labute approximate surface area is 162 Å². The van der Waals surface area contributed by atoms with Gasteiger partial charge in [-0.05, 0) is 29.0 Å². The molecule has 0 aliphatic carbocycles. The number of hydrogen-bond acceptors (Lipinski definition) is 1. The lowest BCUT2D eigenvalue weighted by atomic mass is 9.92. The van der Waals surface area contributed by atoms with Crippen molar-refractivity contribution in [1.29, 1.82) is 0 Å². The Bertz CT molecular complexity index is 729. The highest BCUT2D eigenvalue weighted by Crippen LogP contribution is 2.32. The molecule has 0 aliphatic heterocycles. The molecule has 0 spiro atoms. The average Bonchev–Trinajstić information content (AvgIpc) is 2.56. The Morgan fingerprint density at radius 3 is 2.12 bits per heavy atom. The summed E-state index contributed by atoms with van der Waals surface area (Å²) >= 11 is 6.23. The zero-order valence-corrected chi connectivity index (χ0v) is 17.2. The summed E-state index contributed by atoms with van der Waals surface area (Å²) in [6, 6.07) is 14.1. The van der Waals surface area contributed by atoms with Crippen LogP contribution < -0.4 is 10.2 Å². The molecule has 1 atom stereocenters. The van der Waals surface area contributed by atoms with Gasteiger partial charge in [0.1, 0.15) is 6.54 Å². The molecule has 2 aromatic rings. The van der Waals surface area contributed by atoms with Gasteiger partial charge < -0.3 is 10.2 Å². The first-order chi connectivity index (χ1) is 12.3. The molecule has 0 aliphatic rings. The SMILES string of the molecule is CC(C)c1cccc(C(C)C)c1NC(=O)C[NH+](C)Cc1ccccc1Cl. The van der Waals surface area contributed by atoms with Gasteiger partial charge in [0.2, 0.25) is 0 Å². The molecule has 3 nitrogen and oxygen atoms in total. The van der Waals surface area contributed by atoms with Gasteiger partial charge in [-0.15, -0.1) is 0 Å². The van der Waals surface area contributed by atoms with Crippen molar-refractivity contribution < 1.29 is 9.69 Å². The first kappa shape index (κ1) is 20.5. The summed E-state index contributed by atoms with van der Waals surface area (Å²) in [7, 11) is 2.01. The van der Waals surface area contributed by atoms with Crippen molar-refractivity contribution >= 4 is 23.2 Å². The fourth-order valence-corrected chi connectivity index (χ4v) is 3.38. The third kappa shape index (κ3) is 5.33. The number of quaternary nitrogens is 1. The van der Waals surface area contributed by atoms with Crippen LogP contribution in [0.1, 0.15) is 56.2 Å². The van der Waals surface area contributed by atoms with Crippen molar-refractivity contribution in [2.75, 3.05) is 18.9 Å². The molecule has 0 radical (unpaired) electrons. The summed E-state index contributed by atoms with van der Waals surface area (Å²) in [4.78, 5) is 13.8. The molecule has 0 aromatic heterocycles. The Kier molecular flexibility index (Phi) is 7.24. The number of nitrogens with one attached hydrogen (secondary N) is 2. The van der Waals surface area contributed by atoms with Crippen molar-refractivity contribution in [3.8, 4) is 0 Å². The highest BCUT2D eigenvalue weighted by Gasteiger charge is 2.18. The zero-order valence-electron chi connectivity index (χ0n) is 16.4. The number of carbonyl (C=O) groups excluding carboxylic acids is 1. The minimum absolute atomic E-state index is 0.0320. The number of halogens is 1. The first-order valence-electron chi connectivity index (χ1n) is 9.27. The van der Waals surface area contributed by atoms with Crippen LogP contribution in [0.5, 0.6) is 0 Å². The normalized spacial score (nSPS) is 12.5. The predicted octanol–water partition coefficient (Wildman–Crippen LogP) is 4.24. The van der Waals surface area contributed by atoms with E-state index in [2.05, 4.69) is 51.2 Å². The molecule has 0 fully saturated rings. The number of carbonyl (C=O) groups is 1. The molecule has 0 heterocycles. The van der Waals surface area contributed by atoms with Crippen molar-refractivity contribution in [3.05, 3.63) is 64.2 Å². The monoisotopic (exact) mass is 373 g/mol. The Morgan fingerprint density at radius 2 is 1.58 bits per heavy atom. The summed E-state index contributed by atoms with van der Waals surface area (Å²) < 4.78 is 0. The topological polar surface area (TPSA) is 33.5 Å². The maximum absolute atomic E-state index is 12.7. The van der Waals surface area contributed by atoms with Gasteiger partial charge in [0.05, 0.1) is 7.05 Å². The van der Waals surface area contributed by atoms with Crippen LogP contribution in [-0.2, 0) is 11.3 Å². The maximum Gasteiger partial charge on any atom is 0.279 e. The number of benzene rings is 2. The summed E-state index contributed by atoms with van der Waals surface area (Å²) in [6.07, 6.45) is 0. The van der Waals surface area contributed by atoms with Gasteiger partial charge in [0.25, 0.3) is 5.91 Å². The van der Waals surface area contributed by atoms with E-state index in [1.165, 1.54) is 11.1 Å². The maximum atomic E-state index is 12.7. The third-order valence-corrected chi connectivity index (χ3v) is 4.92. The van der Waals surface area contributed by atoms with Crippen LogP contribution in [0.2, 0.25) is 5.02 Å². The van der Waals surface area contributed by atoms with Crippen molar-refractivity contribution in [2.24, 2.45) is 0 Å². The van der Waals surface area contributed by atoms with Gasteiger partial charge in [-0.3, -0.25) is 4.79 Å². The lowest BCUT2D eigenvalue weighted by Crippen LogP contribution is -3.08. The number of amides is 1. The van der Waals surface area contributed by atoms with Crippen LogP contribution >= 0.6 is 11.6 Å². The molecule has 140 valence electrons. The molecule has 2 rings (SSSR count). The van der Waals surface area contributed by atoms with E-state index >= 15 is 0 Å².